The molecule has 8 heteroatoms. The number of anilines is 2. The average Bonchev–Trinajstić information content (AvgIpc) is 2.65. The highest BCUT2D eigenvalue weighted by Gasteiger charge is 2.18. The highest BCUT2D eigenvalue weighted by Crippen LogP contribution is 2.28. The number of nitrogens with zero attached hydrogens (tertiary/aromatic N) is 1. The molecule has 0 aromatic heterocycles. The minimum absolute atomic E-state index is 0.110. The van der Waals surface area contributed by atoms with E-state index in [1.54, 1.807) is 24.3 Å². The molecule has 2 rings (SSSR count). The number of nitrogens with one attached hydrogen (secondary N) is 3. The molecule has 8 nitrogen and oxygen atoms in total. The van der Waals surface area contributed by atoms with Gasteiger partial charge in [0.15, 0.2) is 0 Å². The maximum atomic E-state index is 12.1. The Kier molecular flexibility index (Phi) is 6.67. The smallest absolute Gasteiger partial charge is 0.293 e. The lowest BCUT2D eigenvalue weighted by Crippen LogP contribution is -2.37. The standard InChI is InChI=1S/C18H20N4O4/c1-2-10-19-17(23)12-20-18(24)13-8-9-15(16(11-13)22(25)26)21-14-6-4-3-5-7-14/h3-9,11,21H,2,10,12H2,1H3,(H,19,23)(H,20,24). The summed E-state index contributed by atoms with van der Waals surface area (Å²) in [5.74, 6) is -0.858. The summed E-state index contributed by atoms with van der Waals surface area (Å²) in [6.45, 7) is 2.26. The Bertz CT molecular complexity index is 793. The summed E-state index contributed by atoms with van der Waals surface area (Å²) in [7, 11) is 0. The summed E-state index contributed by atoms with van der Waals surface area (Å²) >= 11 is 0. The van der Waals surface area contributed by atoms with E-state index in [4.69, 9.17) is 0 Å². The normalized spacial score (nSPS) is 10.0. The third kappa shape index (κ3) is 5.30. The van der Waals surface area contributed by atoms with Crippen LogP contribution in [0.25, 0.3) is 0 Å². The number of carbonyl (C=O) groups is 2. The van der Waals surface area contributed by atoms with Gasteiger partial charge in [0.25, 0.3) is 11.6 Å². The predicted octanol–water partition coefficient (Wildman–Crippen LogP) is 2.59. The minimum atomic E-state index is -0.560. The van der Waals surface area contributed by atoms with Crippen LogP contribution in [0.3, 0.4) is 0 Å². The third-order valence-electron chi connectivity index (χ3n) is 3.49. The Morgan fingerprint density at radius 2 is 1.81 bits per heavy atom. The fraction of sp³-hybridized carbons (Fsp3) is 0.222. The van der Waals surface area contributed by atoms with Gasteiger partial charge in [0.1, 0.15) is 5.69 Å². The molecule has 26 heavy (non-hydrogen) atoms. The molecule has 2 aromatic carbocycles. The third-order valence-corrected chi connectivity index (χ3v) is 3.49. The molecule has 0 aliphatic heterocycles. The predicted molar refractivity (Wildman–Crippen MR) is 98.5 cm³/mol. The van der Waals surface area contributed by atoms with Gasteiger partial charge in [0.05, 0.1) is 11.5 Å². The number of amides is 2. The van der Waals surface area contributed by atoms with Crippen LogP contribution >= 0.6 is 0 Å². The van der Waals surface area contributed by atoms with Crippen molar-refractivity contribution in [2.45, 2.75) is 13.3 Å². The van der Waals surface area contributed by atoms with E-state index in [1.165, 1.54) is 18.2 Å². The van der Waals surface area contributed by atoms with Crippen LogP contribution in [0.4, 0.5) is 17.1 Å². The average molecular weight is 356 g/mol. The highest BCUT2D eigenvalue weighted by atomic mass is 16.6. The highest BCUT2D eigenvalue weighted by molar-refractivity contribution is 5.97. The molecule has 2 aromatic rings. The van der Waals surface area contributed by atoms with Crippen molar-refractivity contribution < 1.29 is 14.5 Å². The first-order valence-corrected chi connectivity index (χ1v) is 8.16. The number of nitro benzene ring substituents is 1. The van der Waals surface area contributed by atoms with Gasteiger partial charge in [-0.1, -0.05) is 25.1 Å². The molecule has 0 atom stereocenters. The number of hydrogen-bond donors (Lipinski definition) is 3. The Labute approximate surface area is 150 Å². The largest absolute Gasteiger partial charge is 0.355 e. The summed E-state index contributed by atoms with van der Waals surface area (Å²) in [5, 5.41) is 19.4. The van der Waals surface area contributed by atoms with E-state index >= 15 is 0 Å². The molecular weight excluding hydrogens is 336 g/mol. The first-order valence-electron chi connectivity index (χ1n) is 8.16. The fourth-order valence-electron chi connectivity index (χ4n) is 2.20. The molecule has 0 aliphatic carbocycles. The van der Waals surface area contributed by atoms with Crippen molar-refractivity contribution in [2.75, 3.05) is 18.4 Å². The molecule has 0 heterocycles. The van der Waals surface area contributed by atoms with E-state index in [-0.39, 0.29) is 29.4 Å². The molecule has 136 valence electrons. The summed E-state index contributed by atoms with van der Waals surface area (Å²) in [5.41, 5.74) is 0.856. The van der Waals surface area contributed by atoms with E-state index in [1.807, 2.05) is 13.0 Å². The van der Waals surface area contributed by atoms with Gasteiger partial charge in [-0.3, -0.25) is 19.7 Å². The number of nitro groups is 1. The van der Waals surface area contributed by atoms with Crippen LogP contribution in [0.5, 0.6) is 0 Å². The maximum absolute atomic E-state index is 12.1. The molecular formula is C18H20N4O4. The van der Waals surface area contributed by atoms with Crippen molar-refractivity contribution in [3.05, 3.63) is 64.2 Å². The first kappa shape index (κ1) is 18.9. The fourth-order valence-corrected chi connectivity index (χ4v) is 2.20. The Hall–Kier alpha value is -3.42. The van der Waals surface area contributed by atoms with Crippen LogP contribution < -0.4 is 16.0 Å². The lowest BCUT2D eigenvalue weighted by molar-refractivity contribution is -0.383. The van der Waals surface area contributed by atoms with Gasteiger partial charge >= 0.3 is 0 Å². The van der Waals surface area contributed by atoms with Crippen molar-refractivity contribution in [3.8, 4) is 0 Å². The molecule has 0 radical (unpaired) electrons. The number of benzene rings is 2. The second kappa shape index (κ2) is 9.16. The van der Waals surface area contributed by atoms with Crippen LogP contribution in [0.2, 0.25) is 0 Å². The first-order chi connectivity index (χ1) is 12.5. The zero-order chi connectivity index (χ0) is 18.9. The van der Waals surface area contributed by atoms with Gasteiger partial charge < -0.3 is 16.0 Å². The van der Waals surface area contributed by atoms with Gasteiger partial charge in [0, 0.05) is 23.9 Å². The topological polar surface area (TPSA) is 113 Å². The summed E-state index contributed by atoms with van der Waals surface area (Å²) < 4.78 is 0. The van der Waals surface area contributed by atoms with Crippen LogP contribution in [-0.4, -0.2) is 29.8 Å². The molecule has 0 saturated carbocycles. The minimum Gasteiger partial charge on any atom is -0.355 e. The van der Waals surface area contributed by atoms with Crippen LogP contribution in [-0.2, 0) is 4.79 Å². The van der Waals surface area contributed by atoms with Crippen LogP contribution in [0.1, 0.15) is 23.7 Å². The molecule has 0 unspecified atom stereocenters. The summed E-state index contributed by atoms with van der Waals surface area (Å²) in [4.78, 5) is 34.4. The second-order valence-corrected chi connectivity index (χ2v) is 5.51. The van der Waals surface area contributed by atoms with Gasteiger partial charge in [-0.2, -0.15) is 0 Å². The quantitative estimate of drug-likeness (QED) is 0.497. The van der Waals surface area contributed by atoms with Gasteiger partial charge in [0.2, 0.25) is 5.91 Å². The molecule has 2 amide bonds. The SMILES string of the molecule is CCCNC(=O)CNC(=O)c1ccc(Nc2ccccc2)c([N+](=O)[O-])c1. The zero-order valence-corrected chi connectivity index (χ0v) is 14.3. The second-order valence-electron chi connectivity index (χ2n) is 5.51. The molecule has 0 fully saturated rings. The van der Waals surface area contributed by atoms with Crippen molar-refractivity contribution >= 4 is 28.9 Å². The van der Waals surface area contributed by atoms with E-state index in [2.05, 4.69) is 16.0 Å². The van der Waals surface area contributed by atoms with E-state index in [0.717, 1.165) is 6.42 Å². The summed E-state index contributed by atoms with van der Waals surface area (Å²) in [6, 6.07) is 13.1. The maximum Gasteiger partial charge on any atom is 0.293 e. The summed E-state index contributed by atoms with van der Waals surface area (Å²) in [6.07, 6.45) is 0.793. The number of hydrogen-bond acceptors (Lipinski definition) is 5. The van der Waals surface area contributed by atoms with Gasteiger partial charge in [-0.25, -0.2) is 0 Å². The molecule has 0 bridgehead atoms. The number of carbonyl (C=O) groups excluding carboxylic acids is 2. The Morgan fingerprint density at radius 3 is 2.46 bits per heavy atom. The van der Waals surface area contributed by atoms with Crippen molar-refractivity contribution in [1.82, 2.24) is 10.6 Å². The molecule has 0 aliphatic rings. The molecule has 0 saturated heterocycles. The van der Waals surface area contributed by atoms with Gasteiger partial charge in [-0.05, 0) is 30.7 Å². The van der Waals surface area contributed by atoms with E-state index < -0.39 is 10.8 Å². The van der Waals surface area contributed by atoms with Crippen molar-refractivity contribution in [3.63, 3.8) is 0 Å². The monoisotopic (exact) mass is 356 g/mol. The van der Waals surface area contributed by atoms with Crippen molar-refractivity contribution in [2.24, 2.45) is 0 Å². The number of para-hydroxylation sites is 1. The molecule has 0 spiro atoms. The number of rotatable bonds is 8. The zero-order valence-electron chi connectivity index (χ0n) is 14.3. The van der Waals surface area contributed by atoms with Crippen LogP contribution in [0, 0.1) is 10.1 Å². The van der Waals surface area contributed by atoms with E-state index in [0.29, 0.717) is 12.2 Å². The van der Waals surface area contributed by atoms with Crippen LogP contribution in [0.15, 0.2) is 48.5 Å². The Balaban J connectivity index is 2.10. The molecule has 3 N–H and O–H groups in total. The van der Waals surface area contributed by atoms with Gasteiger partial charge in [-0.15, -0.1) is 0 Å². The van der Waals surface area contributed by atoms with Crippen molar-refractivity contribution in [1.29, 1.82) is 0 Å². The Morgan fingerprint density at radius 1 is 1.08 bits per heavy atom. The van der Waals surface area contributed by atoms with E-state index in [9.17, 15) is 19.7 Å². The lowest BCUT2D eigenvalue weighted by Gasteiger charge is -2.09. The lowest BCUT2D eigenvalue weighted by atomic mass is 10.1.